The van der Waals surface area contributed by atoms with Gasteiger partial charge in [0.25, 0.3) is 0 Å². The summed E-state index contributed by atoms with van der Waals surface area (Å²) in [6, 6.07) is 9.05. The number of benzene rings is 1. The van der Waals surface area contributed by atoms with Gasteiger partial charge < -0.3 is 5.32 Å². The zero-order chi connectivity index (χ0) is 12.4. The molecule has 0 spiro atoms. The fourth-order valence-electron chi connectivity index (χ4n) is 1.82. The van der Waals surface area contributed by atoms with E-state index in [-0.39, 0.29) is 11.9 Å². The zero-order valence-electron chi connectivity index (χ0n) is 9.63. The molecule has 1 atom stereocenters. The molecular weight excluding hydrogens is 301 g/mol. The summed E-state index contributed by atoms with van der Waals surface area (Å²) < 4.78 is 14.7. The minimum Gasteiger partial charge on any atom is -0.309 e. The van der Waals surface area contributed by atoms with E-state index in [1.165, 1.54) is 10.9 Å². The van der Waals surface area contributed by atoms with Gasteiger partial charge in [0.05, 0.1) is 6.04 Å². The van der Waals surface area contributed by atoms with E-state index in [1.54, 1.807) is 17.4 Å². The summed E-state index contributed by atoms with van der Waals surface area (Å²) in [5, 5.41) is 3.17. The first-order chi connectivity index (χ1) is 8.13. The molecule has 1 aromatic heterocycles. The van der Waals surface area contributed by atoms with Crippen LogP contribution in [0.5, 0.6) is 0 Å². The average Bonchev–Trinajstić information content (AvgIpc) is 2.70. The summed E-state index contributed by atoms with van der Waals surface area (Å²) in [4.78, 5) is 2.35. The second-order valence-electron chi connectivity index (χ2n) is 3.81. The minimum absolute atomic E-state index is 0.107. The second kappa shape index (κ2) is 5.29. The van der Waals surface area contributed by atoms with E-state index in [0.29, 0.717) is 5.56 Å². The number of rotatable bonds is 3. The predicted octanol–water partition coefficient (Wildman–Crippen LogP) is 4.27. The molecule has 1 nitrogen and oxygen atoms in total. The fourth-order valence-corrected chi connectivity index (χ4v) is 3.39. The Morgan fingerprint density at radius 1 is 1.29 bits per heavy atom. The molecule has 2 rings (SSSR count). The summed E-state index contributed by atoms with van der Waals surface area (Å²) in [5.41, 5.74) is 0.664. The van der Waals surface area contributed by atoms with Gasteiger partial charge in [0, 0.05) is 19.8 Å². The lowest BCUT2D eigenvalue weighted by molar-refractivity contribution is 0.577. The van der Waals surface area contributed by atoms with E-state index in [2.05, 4.69) is 34.2 Å². The van der Waals surface area contributed by atoms with Gasteiger partial charge in [-0.3, -0.25) is 0 Å². The summed E-state index contributed by atoms with van der Waals surface area (Å²) in [5.74, 6) is -0.190. The Hall–Kier alpha value is -0.710. The van der Waals surface area contributed by atoms with E-state index >= 15 is 0 Å². The quantitative estimate of drug-likeness (QED) is 0.892. The van der Waals surface area contributed by atoms with E-state index in [0.717, 1.165) is 9.35 Å². The zero-order valence-corrected chi connectivity index (χ0v) is 12.0. The topological polar surface area (TPSA) is 12.0 Å². The van der Waals surface area contributed by atoms with E-state index < -0.39 is 0 Å². The molecule has 1 heterocycles. The Morgan fingerprint density at radius 2 is 2.06 bits per heavy atom. The monoisotopic (exact) mass is 313 g/mol. The molecule has 1 aromatic carbocycles. The van der Waals surface area contributed by atoms with Crippen LogP contribution in [-0.2, 0) is 0 Å². The van der Waals surface area contributed by atoms with Gasteiger partial charge in [0.15, 0.2) is 0 Å². The molecule has 0 saturated carbocycles. The van der Waals surface area contributed by atoms with Crippen molar-refractivity contribution in [2.45, 2.75) is 13.0 Å². The molecule has 0 aliphatic carbocycles. The highest BCUT2D eigenvalue weighted by Gasteiger charge is 2.20. The summed E-state index contributed by atoms with van der Waals surface area (Å²) in [6.45, 7) is 2.05. The van der Waals surface area contributed by atoms with Crippen LogP contribution in [0.25, 0.3) is 0 Å². The number of thiophene rings is 1. The van der Waals surface area contributed by atoms with Crippen LogP contribution in [0, 0.1) is 12.7 Å². The lowest BCUT2D eigenvalue weighted by atomic mass is 10.1. The van der Waals surface area contributed by atoms with Crippen molar-refractivity contribution in [2.24, 2.45) is 0 Å². The molecule has 0 radical (unpaired) electrons. The molecule has 4 heteroatoms. The van der Waals surface area contributed by atoms with Crippen LogP contribution in [-0.4, -0.2) is 7.05 Å². The van der Waals surface area contributed by atoms with Crippen LogP contribution < -0.4 is 5.32 Å². The van der Waals surface area contributed by atoms with Gasteiger partial charge in [-0.05, 0) is 38.2 Å². The number of nitrogens with one attached hydrogen (secondary N) is 1. The average molecular weight is 314 g/mol. The third-order valence-electron chi connectivity index (χ3n) is 2.62. The molecule has 0 bridgehead atoms. The van der Waals surface area contributed by atoms with Crippen molar-refractivity contribution in [2.75, 3.05) is 7.05 Å². The van der Waals surface area contributed by atoms with Crippen molar-refractivity contribution in [3.63, 3.8) is 0 Å². The summed E-state index contributed by atoms with van der Waals surface area (Å²) >= 11 is 5.10. The first-order valence-corrected chi connectivity index (χ1v) is 6.92. The Labute approximate surface area is 113 Å². The van der Waals surface area contributed by atoms with Crippen LogP contribution >= 0.6 is 27.3 Å². The van der Waals surface area contributed by atoms with Crippen molar-refractivity contribution in [1.82, 2.24) is 5.32 Å². The molecule has 0 fully saturated rings. The van der Waals surface area contributed by atoms with Gasteiger partial charge in [-0.15, -0.1) is 11.3 Å². The molecule has 1 N–H and O–H groups in total. The van der Waals surface area contributed by atoms with Crippen molar-refractivity contribution in [3.8, 4) is 0 Å². The van der Waals surface area contributed by atoms with Crippen molar-refractivity contribution in [3.05, 3.63) is 55.9 Å². The summed E-state index contributed by atoms with van der Waals surface area (Å²) in [7, 11) is 1.85. The van der Waals surface area contributed by atoms with E-state index in [9.17, 15) is 4.39 Å². The minimum atomic E-state index is -0.190. The molecule has 0 amide bonds. The molecule has 0 aliphatic rings. The third-order valence-corrected chi connectivity index (χ3v) is 4.38. The smallest absolute Gasteiger partial charge is 0.129 e. The Balaban J connectivity index is 2.49. The fraction of sp³-hybridized carbons (Fsp3) is 0.231. The van der Waals surface area contributed by atoms with Crippen LogP contribution in [0.4, 0.5) is 4.39 Å². The molecule has 17 heavy (non-hydrogen) atoms. The van der Waals surface area contributed by atoms with Gasteiger partial charge in [-0.25, -0.2) is 4.39 Å². The van der Waals surface area contributed by atoms with Crippen LogP contribution in [0.1, 0.15) is 21.4 Å². The Bertz CT molecular complexity index is 504. The van der Waals surface area contributed by atoms with E-state index in [4.69, 9.17) is 0 Å². The van der Waals surface area contributed by atoms with Crippen molar-refractivity contribution >= 4 is 27.3 Å². The van der Waals surface area contributed by atoms with Gasteiger partial charge in [0.2, 0.25) is 0 Å². The third kappa shape index (κ3) is 2.59. The molecular formula is C13H13BrFNS. The first kappa shape index (κ1) is 12.7. The number of hydrogen-bond donors (Lipinski definition) is 1. The lowest BCUT2D eigenvalue weighted by Gasteiger charge is -2.17. The lowest BCUT2D eigenvalue weighted by Crippen LogP contribution is -2.18. The van der Waals surface area contributed by atoms with Crippen LogP contribution in [0.3, 0.4) is 0 Å². The number of halogens is 2. The molecule has 90 valence electrons. The molecule has 0 saturated heterocycles. The van der Waals surface area contributed by atoms with Crippen LogP contribution in [0.2, 0.25) is 0 Å². The Morgan fingerprint density at radius 3 is 2.59 bits per heavy atom. The maximum Gasteiger partial charge on any atom is 0.129 e. The first-order valence-electron chi connectivity index (χ1n) is 5.31. The number of hydrogen-bond acceptors (Lipinski definition) is 2. The van der Waals surface area contributed by atoms with E-state index in [1.807, 2.05) is 19.2 Å². The van der Waals surface area contributed by atoms with Crippen molar-refractivity contribution in [1.29, 1.82) is 0 Å². The normalized spacial score (nSPS) is 12.7. The maximum atomic E-state index is 13.9. The van der Waals surface area contributed by atoms with Gasteiger partial charge in [-0.1, -0.05) is 22.0 Å². The predicted molar refractivity (Wildman–Crippen MR) is 74.1 cm³/mol. The highest BCUT2D eigenvalue weighted by atomic mass is 79.9. The van der Waals surface area contributed by atoms with Gasteiger partial charge in [0.1, 0.15) is 5.82 Å². The molecule has 2 aromatic rings. The van der Waals surface area contributed by atoms with Gasteiger partial charge >= 0.3 is 0 Å². The molecule has 0 aliphatic heterocycles. The highest BCUT2D eigenvalue weighted by molar-refractivity contribution is 9.10. The largest absolute Gasteiger partial charge is 0.309 e. The number of aryl methyl sites for hydroxylation is 1. The maximum absolute atomic E-state index is 13.9. The second-order valence-corrected chi connectivity index (χ2v) is 5.98. The highest BCUT2D eigenvalue weighted by Crippen LogP contribution is 2.33. The van der Waals surface area contributed by atoms with Crippen molar-refractivity contribution < 1.29 is 4.39 Å². The van der Waals surface area contributed by atoms with Crippen LogP contribution in [0.15, 0.2) is 34.8 Å². The summed E-state index contributed by atoms with van der Waals surface area (Å²) in [6.07, 6.45) is 0. The molecule has 1 unspecified atom stereocenters. The Kier molecular flexibility index (Phi) is 3.97. The van der Waals surface area contributed by atoms with Gasteiger partial charge in [-0.2, -0.15) is 0 Å². The standard InChI is InChI=1S/C13H13BrFNS/c1-8-6-7-11(17-8)13(16-2)12-9(14)4-3-5-10(12)15/h3-7,13,16H,1-2H3. The SMILES string of the molecule is CNC(c1ccc(C)s1)c1c(F)cccc1Br.